The van der Waals surface area contributed by atoms with Gasteiger partial charge in [-0.25, -0.2) is 0 Å². The standard InChI is InChI=1S/C14H18FNO2/c1-10-8-13(16(17)18)12(15)9-11(10)14(2)6-4-3-5-7-14/h8-9H,3-7H2,1-2H3. The van der Waals surface area contributed by atoms with Crippen LogP contribution in [0.2, 0.25) is 0 Å². The van der Waals surface area contributed by atoms with Gasteiger partial charge in [-0.1, -0.05) is 26.2 Å². The molecular weight excluding hydrogens is 233 g/mol. The molecule has 1 aromatic rings. The summed E-state index contributed by atoms with van der Waals surface area (Å²) in [6, 6.07) is 2.74. The fourth-order valence-corrected chi connectivity index (χ4v) is 3.06. The van der Waals surface area contributed by atoms with Crippen LogP contribution in [0.5, 0.6) is 0 Å². The number of nitro groups is 1. The third kappa shape index (κ3) is 2.24. The quantitative estimate of drug-likeness (QED) is 0.582. The van der Waals surface area contributed by atoms with Gasteiger partial charge in [0.1, 0.15) is 0 Å². The van der Waals surface area contributed by atoms with Crippen molar-refractivity contribution >= 4 is 5.69 Å². The summed E-state index contributed by atoms with van der Waals surface area (Å²) in [6.07, 6.45) is 5.59. The van der Waals surface area contributed by atoms with E-state index < -0.39 is 16.4 Å². The van der Waals surface area contributed by atoms with Gasteiger partial charge in [-0.3, -0.25) is 10.1 Å². The van der Waals surface area contributed by atoms with Crippen LogP contribution in [0, 0.1) is 22.9 Å². The van der Waals surface area contributed by atoms with Crippen LogP contribution >= 0.6 is 0 Å². The smallest absolute Gasteiger partial charge is 0.258 e. The molecule has 3 nitrogen and oxygen atoms in total. The molecule has 2 rings (SSSR count). The zero-order chi connectivity index (χ0) is 13.3. The van der Waals surface area contributed by atoms with Crippen molar-refractivity contribution in [2.75, 3.05) is 0 Å². The Balaban J connectivity index is 2.45. The minimum absolute atomic E-state index is 0.0295. The van der Waals surface area contributed by atoms with Crippen molar-refractivity contribution in [1.29, 1.82) is 0 Å². The van der Waals surface area contributed by atoms with Crippen molar-refractivity contribution in [3.63, 3.8) is 0 Å². The monoisotopic (exact) mass is 251 g/mol. The van der Waals surface area contributed by atoms with Crippen molar-refractivity contribution < 1.29 is 9.31 Å². The Hall–Kier alpha value is -1.45. The van der Waals surface area contributed by atoms with Crippen LogP contribution in [0.15, 0.2) is 12.1 Å². The second-order valence-electron chi connectivity index (χ2n) is 5.50. The molecule has 0 aliphatic heterocycles. The average Bonchev–Trinajstić information content (AvgIpc) is 2.32. The van der Waals surface area contributed by atoms with E-state index in [1.54, 1.807) is 0 Å². The van der Waals surface area contributed by atoms with Crippen LogP contribution in [0.4, 0.5) is 10.1 Å². The molecule has 0 amide bonds. The molecule has 0 aromatic heterocycles. The van der Waals surface area contributed by atoms with Gasteiger partial charge < -0.3 is 0 Å². The minimum Gasteiger partial charge on any atom is -0.258 e. The maximum atomic E-state index is 13.8. The van der Waals surface area contributed by atoms with E-state index in [-0.39, 0.29) is 5.41 Å². The van der Waals surface area contributed by atoms with Gasteiger partial charge in [0.05, 0.1) is 4.92 Å². The number of benzene rings is 1. The molecule has 18 heavy (non-hydrogen) atoms. The number of hydrogen-bond acceptors (Lipinski definition) is 2. The van der Waals surface area contributed by atoms with Gasteiger partial charge in [0.15, 0.2) is 0 Å². The fourth-order valence-electron chi connectivity index (χ4n) is 3.06. The average molecular weight is 251 g/mol. The Morgan fingerprint density at radius 1 is 1.28 bits per heavy atom. The molecule has 1 aliphatic carbocycles. The number of aryl methyl sites for hydroxylation is 1. The molecule has 0 radical (unpaired) electrons. The summed E-state index contributed by atoms with van der Waals surface area (Å²) in [5.41, 5.74) is 1.31. The predicted octanol–water partition coefficient (Wildman–Crippen LogP) is 4.26. The van der Waals surface area contributed by atoms with E-state index in [1.165, 1.54) is 18.6 Å². The summed E-state index contributed by atoms with van der Waals surface area (Å²) < 4.78 is 13.8. The highest BCUT2D eigenvalue weighted by molar-refractivity contribution is 5.44. The van der Waals surface area contributed by atoms with Crippen molar-refractivity contribution in [3.8, 4) is 0 Å². The summed E-state index contributed by atoms with van der Waals surface area (Å²) in [7, 11) is 0. The van der Waals surface area contributed by atoms with Gasteiger partial charge in [-0.15, -0.1) is 0 Å². The summed E-state index contributed by atoms with van der Waals surface area (Å²) in [5, 5.41) is 10.7. The maximum Gasteiger partial charge on any atom is 0.305 e. The van der Waals surface area contributed by atoms with E-state index in [0.29, 0.717) is 0 Å². The second kappa shape index (κ2) is 4.67. The van der Waals surface area contributed by atoms with E-state index in [2.05, 4.69) is 6.92 Å². The summed E-state index contributed by atoms with van der Waals surface area (Å²) in [4.78, 5) is 10.0. The molecule has 0 bridgehead atoms. The predicted molar refractivity (Wildman–Crippen MR) is 68.2 cm³/mol. The molecule has 4 heteroatoms. The van der Waals surface area contributed by atoms with Crippen LogP contribution in [0.25, 0.3) is 0 Å². The van der Waals surface area contributed by atoms with E-state index in [9.17, 15) is 14.5 Å². The molecule has 1 aliphatic rings. The lowest BCUT2D eigenvalue weighted by Gasteiger charge is -2.35. The molecule has 1 fully saturated rings. The van der Waals surface area contributed by atoms with Gasteiger partial charge in [0.25, 0.3) is 0 Å². The van der Waals surface area contributed by atoms with Gasteiger partial charge in [-0.2, -0.15) is 4.39 Å². The number of rotatable bonds is 2. The van der Waals surface area contributed by atoms with Crippen LogP contribution < -0.4 is 0 Å². The summed E-state index contributed by atoms with van der Waals surface area (Å²) >= 11 is 0. The molecule has 0 unspecified atom stereocenters. The Morgan fingerprint density at radius 2 is 1.89 bits per heavy atom. The van der Waals surface area contributed by atoms with E-state index >= 15 is 0 Å². The Labute approximate surface area is 106 Å². The van der Waals surface area contributed by atoms with Crippen molar-refractivity contribution in [2.45, 2.75) is 51.4 Å². The van der Waals surface area contributed by atoms with Crippen molar-refractivity contribution in [3.05, 3.63) is 39.2 Å². The topological polar surface area (TPSA) is 43.1 Å². The SMILES string of the molecule is Cc1cc([N+](=O)[O-])c(F)cc1C1(C)CCCCC1. The third-order valence-corrected chi connectivity index (χ3v) is 4.10. The highest BCUT2D eigenvalue weighted by Gasteiger charge is 2.32. The highest BCUT2D eigenvalue weighted by Crippen LogP contribution is 2.41. The number of hydrogen-bond donors (Lipinski definition) is 0. The minimum atomic E-state index is -0.715. The number of nitrogens with zero attached hydrogens (tertiary/aromatic N) is 1. The number of halogens is 1. The first-order chi connectivity index (χ1) is 8.44. The molecule has 1 saturated carbocycles. The van der Waals surface area contributed by atoms with Gasteiger partial charge in [0, 0.05) is 6.07 Å². The first kappa shape index (κ1) is 13.0. The van der Waals surface area contributed by atoms with Crippen molar-refractivity contribution in [1.82, 2.24) is 0 Å². The zero-order valence-corrected chi connectivity index (χ0v) is 10.8. The lowest BCUT2D eigenvalue weighted by Crippen LogP contribution is -2.26. The van der Waals surface area contributed by atoms with Crippen LogP contribution in [-0.4, -0.2) is 4.92 Å². The summed E-state index contributed by atoms with van der Waals surface area (Å²) in [6.45, 7) is 3.97. The molecule has 0 heterocycles. The molecule has 0 N–H and O–H groups in total. The van der Waals surface area contributed by atoms with E-state index in [4.69, 9.17) is 0 Å². The number of nitro benzene ring substituents is 1. The molecule has 98 valence electrons. The first-order valence-corrected chi connectivity index (χ1v) is 6.39. The van der Waals surface area contributed by atoms with Crippen LogP contribution in [-0.2, 0) is 5.41 Å². The third-order valence-electron chi connectivity index (χ3n) is 4.10. The van der Waals surface area contributed by atoms with E-state index in [0.717, 1.165) is 36.8 Å². The molecular formula is C14H18FNO2. The van der Waals surface area contributed by atoms with Gasteiger partial charge in [0.2, 0.25) is 5.82 Å². The Kier molecular flexibility index (Phi) is 3.37. The fraction of sp³-hybridized carbons (Fsp3) is 0.571. The zero-order valence-electron chi connectivity index (χ0n) is 10.8. The van der Waals surface area contributed by atoms with Crippen molar-refractivity contribution in [2.24, 2.45) is 0 Å². The normalized spacial score (nSPS) is 18.6. The maximum absolute atomic E-state index is 13.8. The van der Waals surface area contributed by atoms with Gasteiger partial charge >= 0.3 is 5.69 Å². The van der Waals surface area contributed by atoms with E-state index in [1.807, 2.05) is 6.92 Å². The molecule has 1 aromatic carbocycles. The first-order valence-electron chi connectivity index (χ1n) is 6.39. The summed E-state index contributed by atoms with van der Waals surface area (Å²) in [5.74, 6) is -0.715. The molecule has 0 spiro atoms. The van der Waals surface area contributed by atoms with Crippen LogP contribution in [0.1, 0.15) is 50.2 Å². The lowest BCUT2D eigenvalue weighted by molar-refractivity contribution is -0.387. The van der Waals surface area contributed by atoms with Gasteiger partial charge in [-0.05, 0) is 42.4 Å². The Bertz CT molecular complexity index is 479. The van der Waals surface area contributed by atoms with Crippen LogP contribution in [0.3, 0.4) is 0 Å². The lowest BCUT2D eigenvalue weighted by atomic mass is 9.69. The largest absolute Gasteiger partial charge is 0.305 e. The second-order valence-corrected chi connectivity index (χ2v) is 5.50. The highest BCUT2D eigenvalue weighted by atomic mass is 19.1. The molecule has 0 saturated heterocycles. The Morgan fingerprint density at radius 3 is 2.44 bits per heavy atom. The molecule has 0 atom stereocenters.